The first-order valence-corrected chi connectivity index (χ1v) is 8.40. The molecule has 2 rings (SSSR count). The van der Waals surface area contributed by atoms with Crippen molar-refractivity contribution in [2.45, 2.75) is 36.8 Å². The van der Waals surface area contributed by atoms with Crippen LogP contribution in [0.2, 0.25) is 0 Å². The molecular formula is C15H19BrN4S. The van der Waals surface area contributed by atoms with Crippen molar-refractivity contribution in [2.75, 3.05) is 5.43 Å². The van der Waals surface area contributed by atoms with E-state index in [2.05, 4.69) is 64.2 Å². The van der Waals surface area contributed by atoms with Crippen molar-refractivity contribution in [1.29, 1.82) is 0 Å². The molecule has 0 atom stereocenters. The fraction of sp³-hybridized carbons (Fsp3) is 0.333. The summed E-state index contributed by atoms with van der Waals surface area (Å²) in [7, 11) is 0. The van der Waals surface area contributed by atoms with Gasteiger partial charge in [-0.1, -0.05) is 36.7 Å². The van der Waals surface area contributed by atoms with Gasteiger partial charge in [-0.05, 0) is 24.3 Å². The molecule has 6 heteroatoms. The summed E-state index contributed by atoms with van der Waals surface area (Å²) < 4.78 is 1.08. The molecule has 4 nitrogen and oxygen atoms in total. The summed E-state index contributed by atoms with van der Waals surface area (Å²) in [5, 5.41) is 0. The lowest BCUT2D eigenvalue weighted by Gasteiger charge is -2.19. The largest absolute Gasteiger partial charge is 0.308 e. The van der Waals surface area contributed by atoms with E-state index in [0.717, 1.165) is 16.0 Å². The van der Waals surface area contributed by atoms with Gasteiger partial charge in [-0.15, -0.1) is 11.8 Å². The standard InChI is InChI=1S/C15H19BrN4S/c1-15(2,3)12-8-13(20-17)19-14(18-12)9-21-11-6-4-10(16)5-7-11/h4-8H,9,17H2,1-3H3,(H,18,19,20). The molecule has 0 saturated heterocycles. The molecule has 2 aromatic rings. The van der Waals surface area contributed by atoms with Gasteiger partial charge in [0, 0.05) is 20.8 Å². The SMILES string of the molecule is CC(C)(C)c1cc(NN)nc(CSc2ccc(Br)cc2)n1. The van der Waals surface area contributed by atoms with Gasteiger partial charge in [0.25, 0.3) is 0 Å². The van der Waals surface area contributed by atoms with Crippen LogP contribution in [-0.2, 0) is 11.2 Å². The van der Waals surface area contributed by atoms with Crippen molar-refractivity contribution in [3.05, 3.63) is 46.3 Å². The Kier molecular flexibility index (Phi) is 5.24. The fourth-order valence-corrected chi connectivity index (χ4v) is 2.72. The maximum absolute atomic E-state index is 5.50. The van der Waals surface area contributed by atoms with Gasteiger partial charge >= 0.3 is 0 Å². The zero-order valence-electron chi connectivity index (χ0n) is 12.4. The van der Waals surface area contributed by atoms with E-state index in [1.807, 2.05) is 18.2 Å². The van der Waals surface area contributed by atoms with Crippen LogP contribution >= 0.6 is 27.7 Å². The fourth-order valence-electron chi connectivity index (χ4n) is 1.70. The number of anilines is 1. The molecule has 1 aromatic heterocycles. The predicted molar refractivity (Wildman–Crippen MR) is 92.2 cm³/mol. The average Bonchev–Trinajstić information content (AvgIpc) is 2.45. The maximum atomic E-state index is 5.50. The van der Waals surface area contributed by atoms with Gasteiger partial charge in [0.1, 0.15) is 11.6 Å². The van der Waals surface area contributed by atoms with Gasteiger partial charge in [0.15, 0.2) is 0 Å². The second-order valence-corrected chi connectivity index (χ2v) is 7.66. The third kappa shape index (κ3) is 4.69. The van der Waals surface area contributed by atoms with Gasteiger partial charge in [-0.3, -0.25) is 0 Å². The highest BCUT2D eigenvalue weighted by atomic mass is 79.9. The minimum Gasteiger partial charge on any atom is -0.308 e. The summed E-state index contributed by atoms with van der Waals surface area (Å²) in [6, 6.07) is 10.1. The van der Waals surface area contributed by atoms with Gasteiger partial charge in [-0.2, -0.15) is 0 Å². The zero-order chi connectivity index (χ0) is 15.5. The number of nitrogens with two attached hydrogens (primary N) is 1. The Morgan fingerprint density at radius 1 is 1.19 bits per heavy atom. The molecule has 0 fully saturated rings. The van der Waals surface area contributed by atoms with E-state index in [-0.39, 0.29) is 5.41 Å². The van der Waals surface area contributed by atoms with Gasteiger partial charge in [0.05, 0.1) is 11.4 Å². The highest BCUT2D eigenvalue weighted by molar-refractivity contribution is 9.10. The number of halogens is 1. The lowest BCUT2D eigenvalue weighted by atomic mass is 9.92. The minimum absolute atomic E-state index is 0.0361. The van der Waals surface area contributed by atoms with Crippen molar-refractivity contribution in [2.24, 2.45) is 5.84 Å². The molecule has 112 valence electrons. The summed E-state index contributed by atoms with van der Waals surface area (Å²) in [6.45, 7) is 6.38. The van der Waals surface area contributed by atoms with Crippen LogP contribution in [0.3, 0.4) is 0 Å². The quantitative estimate of drug-likeness (QED) is 0.484. The van der Waals surface area contributed by atoms with E-state index in [1.165, 1.54) is 4.90 Å². The van der Waals surface area contributed by atoms with Crippen LogP contribution in [0.4, 0.5) is 5.82 Å². The number of benzene rings is 1. The van der Waals surface area contributed by atoms with Crippen LogP contribution in [0.5, 0.6) is 0 Å². The molecule has 0 unspecified atom stereocenters. The summed E-state index contributed by atoms with van der Waals surface area (Å²) in [5.74, 6) is 7.65. The van der Waals surface area contributed by atoms with Crippen LogP contribution in [-0.4, -0.2) is 9.97 Å². The van der Waals surface area contributed by atoms with E-state index in [4.69, 9.17) is 5.84 Å². The summed E-state index contributed by atoms with van der Waals surface area (Å²) in [6.07, 6.45) is 0. The number of thioether (sulfide) groups is 1. The Labute approximate surface area is 138 Å². The number of hydrogen-bond donors (Lipinski definition) is 2. The monoisotopic (exact) mass is 366 g/mol. The summed E-state index contributed by atoms with van der Waals surface area (Å²) in [5.41, 5.74) is 3.57. The van der Waals surface area contributed by atoms with Crippen molar-refractivity contribution < 1.29 is 0 Å². The van der Waals surface area contributed by atoms with Gasteiger partial charge in [0.2, 0.25) is 0 Å². The molecular weight excluding hydrogens is 348 g/mol. The van der Waals surface area contributed by atoms with Gasteiger partial charge in [-0.25, -0.2) is 15.8 Å². The topological polar surface area (TPSA) is 63.8 Å². The van der Waals surface area contributed by atoms with Crippen LogP contribution in [0.1, 0.15) is 32.3 Å². The first-order valence-electron chi connectivity index (χ1n) is 6.62. The minimum atomic E-state index is -0.0361. The Bertz CT molecular complexity index is 608. The highest BCUT2D eigenvalue weighted by Crippen LogP contribution is 2.26. The molecule has 1 heterocycles. The lowest BCUT2D eigenvalue weighted by molar-refractivity contribution is 0.564. The van der Waals surface area contributed by atoms with Crippen molar-refractivity contribution in [3.8, 4) is 0 Å². The number of nitrogens with zero attached hydrogens (tertiary/aromatic N) is 2. The average molecular weight is 367 g/mol. The third-order valence-electron chi connectivity index (χ3n) is 2.87. The number of rotatable bonds is 4. The van der Waals surface area contributed by atoms with Crippen LogP contribution in [0, 0.1) is 0 Å². The molecule has 0 aliphatic heterocycles. The van der Waals surface area contributed by atoms with Gasteiger partial charge < -0.3 is 5.43 Å². The number of aromatic nitrogens is 2. The molecule has 0 bridgehead atoms. The first kappa shape index (κ1) is 16.3. The molecule has 0 aliphatic carbocycles. The molecule has 0 amide bonds. The van der Waals surface area contributed by atoms with E-state index < -0.39 is 0 Å². The second kappa shape index (κ2) is 6.77. The Morgan fingerprint density at radius 3 is 2.43 bits per heavy atom. The second-order valence-electron chi connectivity index (χ2n) is 5.69. The Balaban J connectivity index is 2.17. The number of nitrogen functional groups attached to an aromatic ring is 1. The van der Waals surface area contributed by atoms with E-state index in [1.54, 1.807) is 11.8 Å². The molecule has 0 aliphatic rings. The zero-order valence-corrected chi connectivity index (χ0v) is 14.8. The normalized spacial score (nSPS) is 11.5. The third-order valence-corrected chi connectivity index (χ3v) is 4.41. The van der Waals surface area contributed by atoms with Crippen LogP contribution in [0.15, 0.2) is 39.7 Å². The highest BCUT2D eigenvalue weighted by Gasteiger charge is 2.17. The number of hydrazine groups is 1. The van der Waals surface area contributed by atoms with Crippen molar-refractivity contribution in [1.82, 2.24) is 9.97 Å². The van der Waals surface area contributed by atoms with E-state index in [9.17, 15) is 0 Å². The van der Waals surface area contributed by atoms with E-state index >= 15 is 0 Å². The summed E-state index contributed by atoms with van der Waals surface area (Å²) in [4.78, 5) is 10.3. The summed E-state index contributed by atoms with van der Waals surface area (Å²) >= 11 is 5.14. The van der Waals surface area contributed by atoms with Crippen LogP contribution < -0.4 is 11.3 Å². The molecule has 0 saturated carbocycles. The maximum Gasteiger partial charge on any atom is 0.143 e. The number of nitrogens with one attached hydrogen (secondary N) is 1. The lowest BCUT2D eigenvalue weighted by Crippen LogP contribution is -2.18. The Hall–Kier alpha value is -1.11. The Morgan fingerprint density at radius 2 is 1.86 bits per heavy atom. The van der Waals surface area contributed by atoms with Crippen LogP contribution in [0.25, 0.3) is 0 Å². The van der Waals surface area contributed by atoms with Crippen molar-refractivity contribution >= 4 is 33.5 Å². The van der Waals surface area contributed by atoms with Crippen molar-refractivity contribution in [3.63, 3.8) is 0 Å². The first-order chi connectivity index (χ1) is 9.88. The predicted octanol–water partition coefficient (Wildman–Crippen LogP) is 4.11. The molecule has 0 spiro atoms. The molecule has 1 aromatic carbocycles. The molecule has 3 N–H and O–H groups in total. The van der Waals surface area contributed by atoms with E-state index in [0.29, 0.717) is 11.6 Å². The molecule has 21 heavy (non-hydrogen) atoms. The molecule has 0 radical (unpaired) electrons. The smallest absolute Gasteiger partial charge is 0.143 e. The number of hydrogen-bond acceptors (Lipinski definition) is 5.